The molecule has 2 nitrogen and oxygen atoms in total. The summed E-state index contributed by atoms with van der Waals surface area (Å²) >= 11 is 0. The maximum Gasteiger partial charge on any atom is 0.133 e. The van der Waals surface area contributed by atoms with E-state index in [4.69, 9.17) is 10.2 Å². The van der Waals surface area contributed by atoms with Gasteiger partial charge in [0.1, 0.15) is 5.58 Å². The molecule has 2 aromatic rings. The van der Waals surface area contributed by atoms with Gasteiger partial charge in [-0.05, 0) is 42.5 Å². The summed E-state index contributed by atoms with van der Waals surface area (Å²) in [6, 6.07) is 8.46. The van der Waals surface area contributed by atoms with Crippen LogP contribution in [0.5, 0.6) is 0 Å². The molecule has 1 saturated carbocycles. The second-order valence-corrected chi connectivity index (χ2v) is 4.43. The number of benzene rings is 1. The minimum absolute atomic E-state index is 0.207. The lowest BCUT2D eigenvalue weighted by Crippen LogP contribution is -2.26. The van der Waals surface area contributed by atoms with Crippen molar-refractivity contribution in [2.24, 2.45) is 11.7 Å². The first-order valence-corrected chi connectivity index (χ1v) is 5.57. The van der Waals surface area contributed by atoms with Gasteiger partial charge < -0.3 is 10.2 Å². The topological polar surface area (TPSA) is 39.2 Å². The summed E-state index contributed by atoms with van der Waals surface area (Å²) in [7, 11) is 0. The highest BCUT2D eigenvalue weighted by molar-refractivity contribution is 5.77. The Labute approximate surface area is 89.1 Å². The standard InChI is InChI=1S/C13H15NO/c14-13(9-2-1-3-9)11-4-5-12-10(8-11)6-7-15-12/h4-9,13H,1-3,14H2. The maximum absolute atomic E-state index is 6.23. The van der Waals surface area contributed by atoms with Crippen molar-refractivity contribution in [1.29, 1.82) is 0 Å². The first-order chi connectivity index (χ1) is 7.34. The quantitative estimate of drug-likeness (QED) is 0.810. The molecular weight excluding hydrogens is 186 g/mol. The second-order valence-electron chi connectivity index (χ2n) is 4.43. The normalized spacial score (nSPS) is 19.0. The number of furan rings is 1. The van der Waals surface area contributed by atoms with Gasteiger partial charge in [0.15, 0.2) is 0 Å². The molecule has 2 heteroatoms. The number of hydrogen-bond acceptors (Lipinski definition) is 2. The summed E-state index contributed by atoms with van der Waals surface area (Å²) in [5.74, 6) is 0.689. The van der Waals surface area contributed by atoms with Gasteiger partial charge in [0.25, 0.3) is 0 Å². The minimum Gasteiger partial charge on any atom is -0.464 e. The monoisotopic (exact) mass is 201 g/mol. The fourth-order valence-corrected chi connectivity index (χ4v) is 2.26. The maximum atomic E-state index is 6.23. The molecule has 1 unspecified atom stereocenters. The molecule has 1 atom stereocenters. The van der Waals surface area contributed by atoms with E-state index in [-0.39, 0.29) is 6.04 Å². The number of nitrogens with two attached hydrogens (primary N) is 1. The van der Waals surface area contributed by atoms with Crippen LogP contribution in [0.1, 0.15) is 30.9 Å². The largest absolute Gasteiger partial charge is 0.464 e. The van der Waals surface area contributed by atoms with Crippen LogP contribution in [0.4, 0.5) is 0 Å². The zero-order valence-corrected chi connectivity index (χ0v) is 8.65. The van der Waals surface area contributed by atoms with Crippen molar-refractivity contribution in [3.05, 3.63) is 36.1 Å². The Hall–Kier alpha value is -1.28. The van der Waals surface area contributed by atoms with Gasteiger partial charge in [-0.1, -0.05) is 12.5 Å². The summed E-state index contributed by atoms with van der Waals surface area (Å²) in [6.45, 7) is 0. The van der Waals surface area contributed by atoms with E-state index in [1.165, 1.54) is 24.8 Å². The van der Waals surface area contributed by atoms with Gasteiger partial charge in [-0.2, -0.15) is 0 Å². The van der Waals surface area contributed by atoms with E-state index in [0.29, 0.717) is 5.92 Å². The molecule has 1 aromatic heterocycles. The molecule has 1 aromatic carbocycles. The third kappa shape index (κ3) is 1.45. The molecule has 2 N–H and O–H groups in total. The smallest absolute Gasteiger partial charge is 0.133 e. The van der Waals surface area contributed by atoms with E-state index >= 15 is 0 Å². The van der Waals surface area contributed by atoms with Crippen LogP contribution in [0.3, 0.4) is 0 Å². The molecule has 3 rings (SSSR count). The van der Waals surface area contributed by atoms with Crippen molar-refractivity contribution >= 4 is 11.0 Å². The number of hydrogen-bond donors (Lipinski definition) is 1. The van der Waals surface area contributed by atoms with Crippen molar-refractivity contribution < 1.29 is 4.42 Å². The van der Waals surface area contributed by atoms with Crippen molar-refractivity contribution in [2.45, 2.75) is 25.3 Å². The molecule has 1 aliphatic rings. The van der Waals surface area contributed by atoms with Crippen LogP contribution in [-0.2, 0) is 0 Å². The van der Waals surface area contributed by atoms with Crippen LogP contribution >= 0.6 is 0 Å². The number of rotatable bonds is 2. The van der Waals surface area contributed by atoms with Crippen molar-refractivity contribution in [2.75, 3.05) is 0 Å². The summed E-state index contributed by atoms with van der Waals surface area (Å²) in [4.78, 5) is 0. The molecule has 1 heterocycles. The predicted molar refractivity (Wildman–Crippen MR) is 60.5 cm³/mol. The molecule has 0 radical (unpaired) electrons. The predicted octanol–water partition coefficient (Wildman–Crippen LogP) is 3.23. The molecular formula is C13H15NO. The van der Waals surface area contributed by atoms with Gasteiger partial charge >= 0.3 is 0 Å². The van der Waals surface area contributed by atoms with E-state index in [1.807, 2.05) is 12.1 Å². The van der Waals surface area contributed by atoms with E-state index in [9.17, 15) is 0 Å². The van der Waals surface area contributed by atoms with Gasteiger partial charge in [0.2, 0.25) is 0 Å². The van der Waals surface area contributed by atoms with Gasteiger partial charge in [0, 0.05) is 11.4 Å². The SMILES string of the molecule is NC(c1ccc2occc2c1)C1CCC1. The average molecular weight is 201 g/mol. The second kappa shape index (κ2) is 3.38. The van der Waals surface area contributed by atoms with Gasteiger partial charge in [0.05, 0.1) is 6.26 Å². The number of fused-ring (bicyclic) bond motifs is 1. The van der Waals surface area contributed by atoms with E-state index < -0.39 is 0 Å². The van der Waals surface area contributed by atoms with Gasteiger partial charge in [-0.3, -0.25) is 0 Å². The Balaban J connectivity index is 1.95. The molecule has 1 fully saturated rings. The Morgan fingerprint density at radius 2 is 2.13 bits per heavy atom. The Morgan fingerprint density at radius 1 is 1.27 bits per heavy atom. The summed E-state index contributed by atoms with van der Waals surface area (Å²) in [6.07, 6.45) is 5.63. The lowest BCUT2D eigenvalue weighted by molar-refractivity contribution is 0.264. The van der Waals surface area contributed by atoms with Gasteiger partial charge in [-0.25, -0.2) is 0 Å². The fraction of sp³-hybridized carbons (Fsp3) is 0.385. The molecule has 15 heavy (non-hydrogen) atoms. The third-order valence-corrected chi connectivity index (χ3v) is 3.52. The van der Waals surface area contributed by atoms with Crippen LogP contribution in [-0.4, -0.2) is 0 Å². The van der Waals surface area contributed by atoms with Crippen LogP contribution in [0, 0.1) is 5.92 Å². The van der Waals surface area contributed by atoms with E-state index in [0.717, 1.165) is 11.0 Å². The van der Waals surface area contributed by atoms with E-state index in [2.05, 4.69) is 12.1 Å². The minimum atomic E-state index is 0.207. The third-order valence-electron chi connectivity index (χ3n) is 3.52. The summed E-state index contributed by atoms with van der Waals surface area (Å²) in [5.41, 5.74) is 8.42. The lowest BCUT2D eigenvalue weighted by atomic mass is 9.77. The van der Waals surface area contributed by atoms with Crippen molar-refractivity contribution in [3.63, 3.8) is 0 Å². The molecule has 0 spiro atoms. The highest BCUT2D eigenvalue weighted by Crippen LogP contribution is 2.36. The van der Waals surface area contributed by atoms with Crippen LogP contribution < -0.4 is 5.73 Å². The Kier molecular flexibility index (Phi) is 2.03. The summed E-state index contributed by atoms with van der Waals surface area (Å²) in [5, 5.41) is 1.15. The zero-order chi connectivity index (χ0) is 10.3. The molecule has 1 aliphatic carbocycles. The Bertz CT molecular complexity index is 470. The average Bonchev–Trinajstić information content (AvgIpc) is 2.61. The van der Waals surface area contributed by atoms with Gasteiger partial charge in [-0.15, -0.1) is 0 Å². The lowest BCUT2D eigenvalue weighted by Gasteiger charge is -2.31. The first kappa shape index (κ1) is 8.98. The first-order valence-electron chi connectivity index (χ1n) is 5.57. The van der Waals surface area contributed by atoms with Crippen LogP contribution in [0.25, 0.3) is 11.0 Å². The molecule has 0 bridgehead atoms. The van der Waals surface area contributed by atoms with Crippen molar-refractivity contribution in [3.8, 4) is 0 Å². The molecule has 0 amide bonds. The molecule has 0 saturated heterocycles. The van der Waals surface area contributed by atoms with Crippen molar-refractivity contribution in [1.82, 2.24) is 0 Å². The molecule has 78 valence electrons. The summed E-state index contributed by atoms with van der Waals surface area (Å²) < 4.78 is 5.31. The van der Waals surface area contributed by atoms with E-state index in [1.54, 1.807) is 6.26 Å². The highest BCUT2D eigenvalue weighted by Gasteiger charge is 2.25. The zero-order valence-electron chi connectivity index (χ0n) is 8.65. The molecule has 0 aliphatic heterocycles. The van der Waals surface area contributed by atoms with Crippen LogP contribution in [0.2, 0.25) is 0 Å². The highest BCUT2D eigenvalue weighted by atomic mass is 16.3. The van der Waals surface area contributed by atoms with Crippen LogP contribution in [0.15, 0.2) is 34.9 Å². The fourth-order valence-electron chi connectivity index (χ4n) is 2.26. The Morgan fingerprint density at radius 3 is 2.87 bits per heavy atom.